The highest BCUT2D eigenvalue weighted by molar-refractivity contribution is 5.36. The van der Waals surface area contributed by atoms with Crippen LogP contribution in [0.4, 0.5) is 0 Å². The molecule has 78 valence electrons. The summed E-state index contributed by atoms with van der Waals surface area (Å²) in [5.74, 6) is 0.857. The Bertz CT molecular complexity index is 287. The Kier molecular flexibility index (Phi) is 4.43. The van der Waals surface area contributed by atoms with E-state index in [9.17, 15) is 0 Å². The van der Waals surface area contributed by atoms with Crippen LogP contribution in [0.5, 0.6) is 5.75 Å². The van der Waals surface area contributed by atoms with E-state index in [1.807, 2.05) is 25.1 Å². The molecule has 0 radical (unpaired) electrons. The molecule has 0 saturated heterocycles. The van der Waals surface area contributed by atoms with Gasteiger partial charge in [-0.25, -0.2) is 0 Å². The van der Waals surface area contributed by atoms with E-state index in [1.54, 1.807) is 7.11 Å². The number of nitrogens with two attached hydrogens (primary N) is 1. The van der Waals surface area contributed by atoms with Crippen LogP contribution in [-0.4, -0.2) is 20.3 Å². The summed E-state index contributed by atoms with van der Waals surface area (Å²) in [5.41, 5.74) is 7.85. The van der Waals surface area contributed by atoms with Crippen molar-refractivity contribution in [3.05, 3.63) is 29.3 Å². The van der Waals surface area contributed by atoms with E-state index < -0.39 is 0 Å². The molecular formula is C11H17NO2. The van der Waals surface area contributed by atoms with Gasteiger partial charge in [0.1, 0.15) is 12.4 Å². The van der Waals surface area contributed by atoms with Gasteiger partial charge >= 0.3 is 0 Å². The molecule has 0 aliphatic heterocycles. The molecule has 0 bridgehead atoms. The van der Waals surface area contributed by atoms with Gasteiger partial charge in [0.2, 0.25) is 0 Å². The fourth-order valence-corrected chi connectivity index (χ4v) is 1.24. The van der Waals surface area contributed by atoms with E-state index in [4.69, 9.17) is 15.2 Å². The van der Waals surface area contributed by atoms with Crippen molar-refractivity contribution in [2.45, 2.75) is 13.5 Å². The molecule has 2 N–H and O–H groups in total. The number of hydrogen-bond donors (Lipinski definition) is 1. The average molecular weight is 195 g/mol. The number of benzene rings is 1. The Hall–Kier alpha value is -1.06. The van der Waals surface area contributed by atoms with Crippen LogP contribution in [-0.2, 0) is 11.3 Å². The van der Waals surface area contributed by atoms with Gasteiger partial charge in [-0.05, 0) is 13.0 Å². The first-order valence-corrected chi connectivity index (χ1v) is 4.69. The highest BCUT2D eigenvalue weighted by Crippen LogP contribution is 2.19. The SMILES string of the molecule is COCCOc1ccc(C)cc1CN. The Labute approximate surface area is 84.8 Å². The first-order valence-electron chi connectivity index (χ1n) is 4.69. The largest absolute Gasteiger partial charge is 0.491 e. The molecule has 0 atom stereocenters. The van der Waals surface area contributed by atoms with Gasteiger partial charge in [0.15, 0.2) is 0 Å². The van der Waals surface area contributed by atoms with E-state index in [-0.39, 0.29) is 0 Å². The Balaban J connectivity index is 2.65. The van der Waals surface area contributed by atoms with Crippen LogP contribution in [0.15, 0.2) is 18.2 Å². The predicted molar refractivity (Wildman–Crippen MR) is 56.4 cm³/mol. The molecule has 0 aromatic heterocycles. The maximum atomic E-state index is 5.61. The first kappa shape index (κ1) is 11.0. The number of aryl methyl sites for hydroxylation is 1. The third kappa shape index (κ3) is 3.01. The van der Waals surface area contributed by atoms with Crippen molar-refractivity contribution in [2.75, 3.05) is 20.3 Å². The maximum Gasteiger partial charge on any atom is 0.123 e. The summed E-state index contributed by atoms with van der Waals surface area (Å²) in [6, 6.07) is 6.01. The molecule has 0 heterocycles. The topological polar surface area (TPSA) is 44.5 Å². The third-order valence-corrected chi connectivity index (χ3v) is 1.98. The highest BCUT2D eigenvalue weighted by atomic mass is 16.5. The second-order valence-corrected chi connectivity index (χ2v) is 3.16. The van der Waals surface area contributed by atoms with Crippen molar-refractivity contribution in [3.63, 3.8) is 0 Å². The summed E-state index contributed by atoms with van der Waals surface area (Å²) in [6.07, 6.45) is 0. The summed E-state index contributed by atoms with van der Waals surface area (Å²) in [6.45, 7) is 3.70. The van der Waals surface area contributed by atoms with Gasteiger partial charge < -0.3 is 15.2 Å². The Morgan fingerprint density at radius 2 is 2.07 bits per heavy atom. The molecule has 0 spiro atoms. The van der Waals surface area contributed by atoms with E-state index in [0.717, 1.165) is 11.3 Å². The van der Waals surface area contributed by atoms with Crippen molar-refractivity contribution >= 4 is 0 Å². The zero-order chi connectivity index (χ0) is 10.4. The lowest BCUT2D eigenvalue weighted by Gasteiger charge is -2.10. The third-order valence-electron chi connectivity index (χ3n) is 1.98. The van der Waals surface area contributed by atoms with Gasteiger partial charge in [0.05, 0.1) is 6.61 Å². The quantitative estimate of drug-likeness (QED) is 0.724. The van der Waals surface area contributed by atoms with Crippen molar-refractivity contribution in [1.29, 1.82) is 0 Å². The van der Waals surface area contributed by atoms with Gasteiger partial charge in [-0.3, -0.25) is 0 Å². The second-order valence-electron chi connectivity index (χ2n) is 3.16. The molecule has 1 aromatic carbocycles. The molecule has 1 aromatic rings. The smallest absolute Gasteiger partial charge is 0.123 e. The van der Waals surface area contributed by atoms with E-state index in [0.29, 0.717) is 19.8 Å². The van der Waals surface area contributed by atoms with E-state index >= 15 is 0 Å². The molecule has 0 aliphatic carbocycles. The predicted octanol–water partition coefficient (Wildman–Crippen LogP) is 1.48. The minimum absolute atomic E-state index is 0.504. The van der Waals surface area contributed by atoms with Crippen LogP contribution in [0, 0.1) is 6.92 Å². The molecule has 3 heteroatoms. The molecule has 1 rings (SSSR count). The van der Waals surface area contributed by atoms with Crippen LogP contribution < -0.4 is 10.5 Å². The zero-order valence-electron chi connectivity index (χ0n) is 8.75. The monoisotopic (exact) mass is 195 g/mol. The van der Waals surface area contributed by atoms with Crippen LogP contribution in [0.1, 0.15) is 11.1 Å². The summed E-state index contributed by atoms with van der Waals surface area (Å²) in [5, 5.41) is 0. The van der Waals surface area contributed by atoms with Crippen LogP contribution >= 0.6 is 0 Å². The molecule has 0 unspecified atom stereocenters. The fraction of sp³-hybridized carbons (Fsp3) is 0.455. The molecule has 3 nitrogen and oxygen atoms in total. The molecule has 0 aliphatic rings. The fourth-order valence-electron chi connectivity index (χ4n) is 1.24. The van der Waals surface area contributed by atoms with Crippen molar-refractivity contribution < 1.29 is 9.47 Å². The number of ether oxygens (including phenoxy) is 2. The zero-order valence-corrected chi connectivity index (χ0v) is 8.75. The summed E-state index contributed by atoms with van der Waals surface area (Å²) in [7, 11) is 1.66. The first-order chi connectivity index (χ1) is 6.77. The normalized spacial score (nSPS) is 10.2. The summed E-state index contributed by atoms with van der Waals surface area (Å²) in [4.78, 5) is 0. The van der Waals surface area contributed by atoms with E-state index in [2.05, 4.69) is 0 Å². The Morgan fingerprint density at radius 3 is 2.71 bits per heavy atom. The summed E-state index contributed by atoms with van der Waals surface area (Å²) < 4.78 is 10.4. The lowest BCUT2D eigenvalue weighted by Crippen LogP contribution is -2.07. The average Bonchev–Trinajstić information content (AvgIpc) is 2.20. The highest BCUT2D eigenvalue weighted by Gasteiger charge is 2.01. The van der Waals surface area contributed by atoms with Gasteiger partial charge in [-0.15, -0.1) is 0 Å². The lowest BCUT2D eigenvalue weighted by atomic mass is 10.1. The van der Waals surface area contributed by atoms with Crippen LogP contribution in [0.2, 0.25) is 0 Å². The van der Waals surface area contributed by atoms with Crippen LogP contribution in [0.25, 0.3) is 0 Å². The van der Waals surface area contributed by atoms with Crippen molar-refractivity contribution in [1.82, 2.24) is 0 Å². The summed E-state index contributed by atoms with van der Waals surface area (Å²) >= 11 is 0. The molecule has 0 saturated carbocycles. The molecular weight excluding hydrogens is 178 g/mol. The van der Waals surface area contributed by atoms with Crippen molar-refractivity contribution in [3.8, 4) is 5.75 Å². The second kappa shape index (κ2) is 5.62. The number of hydrogen-bond acceptors (Lipinski definition) is 3. The molecule has 0 amide bonds. The minimum Gasteiger partial charge on any atom is -0.491 e. The minimum atomic E-state index is 0.504. The van der Waals surface area contributed by atoms with Crippen LogP contribution in [0.3, 0.4) is 0 Å². The van der Waals surface area contributed by atoms with Crippen molar-refractivity contribution in [2.24, 2.45) is 5.73 Å². The maximum absolute atomic E-state index is 5.61. The van der Waals surface area contributed by atoms with E-state index in [1.165, 1.54) is 5.56 Å². The van der Waals surface area contributed by atoms with Gasteiger partial charge in [0.25, 0.3) is 0 Å². The van der Waals surface area contributed by atoms with Gasteiger partial charge in [0, 0.05) is 19.2 Å². The Morgan fingerprint density at radius 1 is 1.29 bits per heavy atom. The van der Waals surface area contributed by atoms with Gasteiger partial charge in [-0.1, -0.05) is 17.7 Å². The molecule has 14 heavy (non-hydrogen) atoms. The standard InChI is InChI=1S/C11H17NO2/c1-9-3-4-11(10(7-9)8-12)14-6-5-13-2/h3-4,7H,5-6,8,12H2,1-2H3. The molecule has 0 fully saturated rings. The number of rotatable bonds is 5. The lowest BCUT2D eigenvalue weighted by molar-refractivity contribution is 0.146. The number of methoxy groups -OCH3 is 1. The van der Waals surface area contributed by atoms with Gasteiger partial charge in [-0.2, -0.15) is 0 Å².